The molecule has 0 spiro atoms. The van der Waals surface area contributed by atoms with E-state index in [2.05, 4.69) is 17.6 Å². The second kappa shape index (κ2) is 5.48. The number of ether oxygens (including phenoxy) is 1. The van der Waals surface area contributed by atoms with Gasteiger partial charge in [-0.25, -0.2) is 0 Å². The minimum atomic E-state index is -0.00843. The van der Waals surface area contributed by atoms with Gasteiger partial charge in [0, 0.05) is 35.8 Å². The number of nitrogens with one attached hydrogen (secondary N) is 1. The second-order valence-electron chi connectivity index (χ2n) is 5.08. The first-order valence-corrected chi connectivity index (χ1v) is 6.99. The van der Waals surface area contributed by atoms with E-state index in [1.807, 2.05) is 24.4 Å². The summed E-state index contributed by atoms with van der Waals surface area (Å²) in [6, 6.07) is 6.01. The third-order valence-electron chi connectivity index (χ3n) is 3.93. The molecule has 1 N–H and O–H groups in total. The fourth-order valence-electron chi connectivity index (χ4n) is 2.74. The molecule has 4 nitrogen and oxygen atoms in total. The summed E-state index contributed by atoms with van der Waals surface area (Å²) in [5, 5.41) is 1.16. The van der Waals surface area contributed by atoms with Crippen LogP contribution >= 0.6 is 0 Å². The van der Waals surface area contributed by atoms with Crippen LogP contribution in [0.1, 0.15) is 12.0 Å². The predicted molar refractivity (Wildman–Crippen MR) is 84.2 cm³/mol. The zero-order valence-electron chi connectivity index (χ0n) is 12.1. The molecular formula is C17H18N2O2. The Bertz CT molecular complexity index is 727. The van der Waals surface area contributed by atoms with Crippen LogP contribution in [0.15, 0.2) is 43.1 Å². The molecular weight excluding hydrogens is 264 g/mol. The Balaban J connectivity index is 1.93. The molecule has 3 rings (SSSR count). The highest BCUT2D eigenvalue weighted by Gasteiger charge is 2.17. The summed E-state index contributed by atoms with van der Waals surface area (Å²) in [5.41, 5.74) is 3.55. The van der Waals surface area contributed by atoms with Crippen LogP contribution in [0.4, 0.5) is 0 Å². The van der Waals surface area contributed by atoms with Crippen molar-refractivity contribution in [2.24, 2.45) is 0 Å². The average Bonchev–Trinajstić information content (AvgIpc) is 2.97. The van der Waals surface area contributed by atoms with Gasteiger partial charge < -0.3 is 14.6 Å². The van der Waals surface area contributed by atoms with Crippen molar-refractivity contribution in [3.8, 4) is 5.75 Å². The molecule has 0 aliphatic carbocycles. The molecule has 0 radical (unpaired) electrons. The molecule has 0 atom stereocenters. The Labute approximate surface area is 123 Å². The molecule has 0 unspecified atom stereocenters. The number of benzene rings is 1. The van der Waals surface area contributed by atoms with Gasteiger partial charge in [0.25, 0.3) is 0 Å². The van der Waals surface area contributed by atoms with Crippen LogP contribution in [0.2, 0.25) is 0 Å². The standard InChI is InChI=1S/C17H18N2O2/c1-3-17(20)19-8-6-12(7-9-19)15-11-18-16-5-4-13(21-2)10-14(15)16/h3-6,10-11,18H,1,7-9H2,2H3. The number of carbonyl (C=O) groups is 1. The monoisotopic (exact) mass is 282 g/mol. The molecule has 0 bridgehead atoms. The number of hydrogen-bond acceptors (Lipinski definition) is 2. The van der Waals surface area contributed by atoms with Crippen molar-refractivity contribution in [3.63, 3.8) is 0 Å². The third kappa shape index (κ3) is 2.44. The first kappa shape index (κ1) is 13.5. The van der Waals surface area contributed by atoms with Crippen molar-refractivity contribution in [3.05, 3.63) is 48.7 Å². The van der Waals surface area contributed by atoms with E-state index >= 15 is 0 Å². The maximum Gasteiger partial charge on any atom is 0.246 e. The molecule has 1 aliphatic heterocycles. The minimum absolute atomic E-state index is 0.00843. The largest absolute Gasteiger partial charge is 0.497 e. The Hall–Kier alpha value is -2.49. The van der Waals surface area contributed by atoms with Crippen LogP contribution in [0.5, 0.6) is 5.75 Å². The second-order valence-corrected chi connectivity index (χ2v) is 5.08. The molecule has 1 amide bonds. The van der Waals surface area contributed by atoms with Crippen LogP contribution in [-0.4, -0.2) is 36.0 Å². The van der Waals surface area contributed by atoms with E-state index in [1.165, 1.54) is 17.2 Å². The first-order chi connectivity index (χ1) is 10.2. The summed E-state index contributed by atoms with van der Waals surface area (Å²) in [6.45, 7) is 4.90. The minimum Gasteiger partial charge on any atom is -0.497 e. The van der Waals surface area contributed by atoms with E-state index in [1.54, 1.807) is 12.0 Å². The van der Waals surface area contributed by atoms with Crippen molar-refractivity contribution < 1.29 is 9.53 Å². The van der Waals surface area contributed by atoms with Crippen molar-refractivity contribution in [1.29, 1.82) is 0 Å². The lowest BCUT2D eigenvalue weighted by Gasteiger charge is -2.25. The maximum absolute atomic E-state index is 11.6. The van der Waals surface area contributed by atoms with Crippen molar-refractivity contribution >= 4 is 22.4 Å². The van der Waals surface area contributed by atoms with Crippen molar-refractivity contribution in [2.45, 2.75) is 6.42 Å². The van der Waals surface area contributed by atoms with E-state index in [0.717, 1.165) is 29.6 Å². The van der Waals surface area contributed by atoms with E-state index in [0.29, 0.717) is 6.54 Å². The first-order valence-electron chi connectivity index (χ1n) is 6.99. The number of nitrogens with zero attached hydrogens (tertiary/aromatic N) is 1. The van der Waals surface area contributed by atoms with Gasteiger partial charge in [-0.2, -0.15) is 0 Å². The zero-order chi connectivity index (χ0) is 14.8. The van der Waals surface area contributed by atoms with Gasteiger partial charge >= 0.3 is 0 Å². The maximum atomic E-state index is 11.6. The molecule has 108 valence electrons. The van der Waals surface area contributed by atoms with E-state index in [-0.39, 0.29) is 5.91 Å². The molecule has 0 saturated heterocycles. The van der Waals surface area contributed by atoms with Crippen LogP contribution in [-0.2, 0) is 4.79 Å². The Morgan fingerprint density at radius 2 is 2.33 bits per heavy atom. The van der Waals surface area contributed by atoms with Crippen molar-refractivity contribution in [2.75, 3.05) is 20.2 Å². The summed E-state index contributed by atoms with van der Waals surface area (Å²) in [6.07, 6.45) is 6.37. The van der Waals surface area contributed by atoms with Crippen LogP contribution in [0, 0.1) is 0 Å². The molecule has 21 heavy (non-hydrogen) atoms. The van der Waals surface area contributed by atoms with Crippen LogP contribution in [0.25, 0.3) is 16.5 Å². The summed E-state index contributed by atoms with van der Waals surface area (Å²) < 4.78 is 5.30. The lowest BCUT2D eigenvalue weighted by Crippen LogP contribution is -2.33. The van der Waals surface area contributed by atoms with Gasteiger partial charge in [0.15, 0.2) is 0 Å². The molecule has 1 aliphatic rings. The summed E-state index contributed by atoms with van der Waals surface area (Å²) in [5.74, 6) is 0.842. The number of fused-ring (bicyclic) bond motifs is 1. The number of H-pyrrole nitrogens is 1. The quantitative estimate of drug-likeness (QED) is 0.880. The van der Waals surface area contributed by atoms with E-state index in [9.17, 15) is 4.79 Å². The van der Waals surface area contributed by atoms with Gasteiger partial charge in [-0.3, -0.25) is 4.79 Å². The normalized spacial score (nSPS) is 14.9. The highest BCUT2D eigenvalue weighted by Crippen LogP contribution is 2.31. The van der Waals surface area contributed by atoms with Gasteiger partial charge in [-0.05, 0) is 36.3 Å². The lowest BCUT2D eigenvalue weighted by molar-refractivity contribution is -0.125. The third-order valence-corrected chi connectivity index (χ3v) is 3.93. The average molecular weight is 282 g/mol. The molecule has 0 fully saturated rings. The predicted octanol–water partition coefficient (Wildman–Crippen LogP) is 2.98. The number of amides is 1. The molecule has 4 heteroatoms. The fourth-order valence-corrected chi connectivity index (χ4v) is 2.74. The molecule has 2 heterocycles. The Morgan fingerprint density at radius 1 is 1.48 bits per heavy atom. The van der Waals surface area contributed by atoms with Gasteiger partial charge in [-0.15, -0.1) is 0 Å². The summed E-state index contributed by atoms with van der Waals surface area (Å²) in [4.78, 5) is 16.7. The number of hydrogen-bond donors (Lipinski definition) is 1. The van der Waals surface area contributed by atoms with E-state index in [4.69, 9.17) is 4.74 Å². The fraction of sp³-hybridized carbons (Fsp3) is 0.235. The molecule has 2 aromatic rings. The van der Waals surface area contributed by atoms with Gasteiger partial charge in [0.2, 0.25) is 5.91 Å². The van der Waals surface area contributed by atoms with Gasteiger partial charge in [0.1, 0.15) is 5.75 Å². The number of methoxy groups -OCH3 is 1. The van der Waals surface area contributed by atoms with Crippen LogP contribution < -0.4 is 4.74 Å². The number of carbonyl (C=O) groups excluding carboxylic acids is 1. The summed E-state index contributed by atoms with van der Waals surface area (Å²) >= 11 is 0. The summed E-state index contributed by atoms with van der Waals surface area (Å²) in [7, 11) is 1.67. The molecule has 0 saturated carbocycles. The van der Waals surface area contributed by atoms with Crippen molar-refractivity contribution in [1.82, 2.24) is 9.88 Å². The number of aromatic nitrogens is 1. The SMILES string of the molecule is C=CC(=O)N1CC=C(c2c[nH]c3ccc(OC)cc23)CC1. The lowest BCUT2D eigenvalue weighted by atomic mass is 9.99. The topological polar surface area (TPSA) is 45.3 Å². The Morgan fingerprint density at radius 3 is 3.00 bits per heavy atom. The van der Waals surface area contributed by atoms with Crippen LogP contribution in [0.3, 0.4) is 0 Å². The highest BCUT2D eigenvalue weighted by atomic mass is 16.5. The zero-order valence-corrected chi connectivity index (χ0v) is 12.1. The molecule has 1 aromatic carbocycles. The highest BCUT2D eigenvalue weighted by molar-refractivity contribution is 5.94. The number of rotatable bonds is 3. The number of aromatic amines is 1. The van der Waals surface area contributed by atoms with Gasteiger partial charge in [0.05, 0.1) is 7.11 Å². The van der Waals surface area contributed by atoms with Gasteiger partial charge in [-0.1, -0.05) is 12.7 Å². The molecule has 1 aromatic heterocycles. The van der Waals surface area contributed by atoms with E-state index < -0.39 is 0 Å². The Kier molecular flexibility index (Phi) is 3.52. The smallest absolute Gasteiger partial charge is 0.246 e.